The summed E-state index contributed by atoms with van der Waals surface area (Å²) >= 11 is 0. The quantitative estimate of drug-likeness (QED) is 0.202. The van der Waals surface area contributed by atoms with Crippen LogP contribution in [0.25, 0.3) is 0 Å². The number of hydrogen-bond donors (Lipinski definition) is 8. The largest absolute Gasteiger partial charge is 0.394 e. The highest BCUT2D eigenvalue weighted by Gasteiger charge is 2.50. The van der Waals surface area contributed by atoms with Crippen LogP contribution < -0.4 is 4.72 Å². The third-order valence-electron chi connectivity index (χ3n) is 4.54. The third-order valence-corrected chi connectivity index (χ3v) is 6.11. The maximum Gasteiger partial charge on any atom is 0.241 e. The smallest absolute Gasteiger partial charge is 0.241 e. The first kappa shape index (κ1) is 22.8. The molecule has 2 aliphatic heterocycles. The van der Waals surface area contributed by atoms with Crippen molar-refractivity contribution in [1.29, 1.82) is 0 Å². The maximum atomic E-state index is 12.4. The lowest BCUT2D eigenvalue weighted by atomic mass is 9.99. The van der Waals surface area contributed by atoms with E-state index in [0.717, 1.165) is 0 Å². The lowest BCUT2D eigenvalue weighted by molar-refractivity contribution is -0.287. The molecule has 8 N–H and O–H groups in total. The van der Waals surface area contributed by atoms with E-state index < -0.39 is 83.7 Å². The van der Waals surface area contributed by atoms with E-state index in [1.54, 1.807) is 0 Å². The predicted molar refractivity (Wildman–Crippen MR) is 84.4 cm³/mol. The van der Waals surface area contributed by atoms with Crippen LogP contribution in [0.15, 0.2) is 0 Å². The molecule has 0 aromatic heterocycles. The Morgan fingerprint density at radius 3 is 1.96 bits per heavy atom. The van der Waals surface area contributed by atoms with Crippen LogP contribution in [0.2, 0.25) is 0 Å². The zero-order chi connectivity index (χ0) is 20.5. The Balaban J connectivity index is 2.07. The summed E-state index contributed by atoms with van der Waals surface area (Å²) in [6.45, 7) is -1.40. The van der Waals surface area contributed by atoms with E-state index in [1.165, 1.54) is 7.11 Å². The number of sulfonamides is 1. The summed E-state index contributed by atoms with van der Waals surface area (Å²) in [5, 5.41) is 67.8. The highest BCUT2D eigenvalue weighted by Crippen LogP contribution is 2.25. The molecule has 2 rings (SSSR count). The van der Waals surface area contributed by atoms with Crippen molar-refractivity contribution in [2.45, 2.75) is 60.6 Å². The Morgan fingerprint density at radius 2 is 1.41 bits per heavy atom. The Labute approximate surface area is 154 Å². The number of methoxy groups -OCH3 is 1. The molecule has 0 aromatic rings. The van der Waals surface area contributed by atoms with Gasteiger partial charge in [-0.05, 0) is 0 Å². The first-order chi connectivity index (χ1) is 12.5. The summed E-state index contributed by atoms with van der Waals surface area (Å²) in [5.74, 6) is 0. The van der Waals surface area contributed by atoms with Gasteiger partial charge in [0.05, 0.1) is 6.61 Å². The topological polar surface area (TPSA) is 215 Å². The molecule has 0 spiro atoms. The van der Waals surface area contributed by atoms with Gasteiger partial charge in [-0.15, -0.1) is 0 Å². The van der Waals surface area contributed by atoms with Crippen molar-refractivity contribution in [1.82, 2.24) is 4.72 Å². The molecule has 2 fully saturated rings. The van der Waals surface area contributed by atoms with Crippen molar-refractivity contribution in [3.8, 4) is 0 Å². The zero-order valence-electron chi connectivity index (χ0n) is 14.3. The monoisotopic (exact) mass is 419 g/mol. The van der Waals surface area contributed by atoms with Crippen LogP contribution in [-0.4, -0.2) is 125 Å². The van der Waals surface area contributed by atoms with E-state index in [0.29, 0.717) is 0 Å². The fourth-order valence-corrected chi connectivity index (χ4v) is 4.26. The summed E-state index contributed by atoms with van der Waals surface area (Å²) in [6.07, 6.45) is -14.5. The fraction of sp³-hybridized carbons (Fsp3) is 1.00. The Morgan fingerprint density at radius 1 is 0.852 bits per heavy atom. The Kier molecular flexibility index (Phi) is 7.51. The first-order valence-electron chi connectivity index (χ1n) is 8.06. The first-order valence-corrected chi connectivity index (χ1v) is 9.61. The van der Waals surface area contributed by atoms with Crippen molar-refractivity contribution in [2.75, 3.05) is 20.3 Å². The van der Waals surface area contributed by atoms with Gasteiger partial charge in [0.15, 0.2) is 6.29 Å². The SMILES string of the molecule is CO[C@H]1O[C@H](CNS(=O)(=O)[C@@H]2O[C@H](CO)[C@@H](O)[C@H](O)[C@H]2O)[C@@H](O)[C@H](O)[C@H]1O. The molecule has 160 valence electrons. The number of rotatable bonds is 6. The number of hydrogen-bond acceptors (Lipinski definition) is 12. The average Bonchev–Trinajstić information content (AvgIpc) is 2.63. The average molecular weight is 419 g/mol. The second kappa shape index (κ2) is 8.89. The minimum Gasteiger partial charge on any atom is -0.394 e. The molecule has 10 atom stereocenters. The van der Waals surface area contributed by atoms with E-state index in [-0.39, 0.29) is 0 Å². The second-order valence-electron chi connectivity index (χ2n) is 6.34. The van der Waals surface area contributed by atoms with E-state index in [2.05, 4.69) is 0 Å². The highest BCUT2D eigenvalue weighted by molar-refractivity contribution is 7.90. The number of ether oxygens (including phenoxy) is 3. The van der Waals surface area contributed by atoms with Gasteiger partial charge >= 0.3 is 0 Å². The molecule has 0 aromatic carbocycles. The van der Waals surface area contributed by atoms with Crippen LogP contribution in [0.1, 0.15) is 0 Å². The fourth-order valence-electron chi connectivity index (χ4n) is 2.88. The van der Waals surface area contributed by atoms with Gasteiger partial charge in [0.25, 0.3) is 0 Å². The molecular weight excluding hydrogens is 394 g/mol. The Hall–Kier alpha value is -0.490. The number of aliphatic hydroxyl groups is 7. The summed E-state index contributed by atoms with van der Waals surface area (Å²) < 4.78 is 41.8. The molecule has 0 unspecified atom stereocenters. The van der Waals surface area contributed by atoms with E-state index in [1.807, 2.05) is 4.72 Å². The Bertz CT molecular complexity index is 586. The van der Waals surface area contributed by atoms with Crippen LogP contribution in [0.5, 0.6) is 0 Å². The molecule has 0 amide bonds. The van der Waals surface area contributed by atoms with Crippen LogP contribution in [-0.2, 0) is 24.2 Å². The van der Waals surface area contributed by atoms with Gasteiger partial charge in [0, 0.05) is 13.7 Å². The zero-order valence-corrected chi connectivity index (χ0v) is 15.1. The normalized spacial score (nSPS) is 46.4. The van der Waals surface area contributed by atoms with Crippen molar-refractivity contribution < 1.29 is 58.4 Å². The molecule has 0 aliphatic carbocycles. The van der Waals surface area contributed by atoms with Crippen molar-refractivity contribution in [3.63, 3.8) is 0 Å². The van der Waals surface area contributed by atoms with Gasteiger partial charge in [-0.1, -0.05) is 0 Å². The van der Waals surface area contributed by atoms with Crippen molar-refractivity contribution in [3.05, 3.63) is 0 Å². The maximum absolute atomic E-state index is 12.4. The minimum absolute atomic E-state index is 0.595. The highest BCUT2D eigenvalue weighted by atomic mass is 32.2. The predicted octanol–water partition coefficient (Wildman–Crippen LogP) is -5.84. The molecule has 2 heterocycles. The molecule has 0 radical (unpaired) electrons. The van der Waals surface area contributed by atoms with Gasteiger partial charge in [0.1, 0.15) is 48.8 Å². The standard InChI is InChI=1S/C13H25NO12S/c1-24-12-10(20)8(18)6(16)4(25-12)2-14-27(22,23)13-11(21)9(19)7(17)5(3-15)26-13/h4-21H,2-3H2,1H3/t4-,5-,6-,7-,8+,9+,10-,11-,12+,13+/m1/s1. The van der Waals surface area contributed by atoms with Crippen LogP contribution in [0.3, 0.4) is 0 Å². The van der Waals surface area contributed by atoms with Crippen LogP contribution in [0, 0.1) is 0 Å². The molecule has 27 heavy (non-hydrogen) atoms. The van der Waals surface area contributed by atoms with Gasteiger partial charge in [-0.25, -0.2) is 13.1 Å². The van der Waals surface area contributed by atoms with Gasteiger partial charge in [-0.3, -0.25) is 0 Å². The third kappa shape index (κ3) is 4.58. The number of aliphatic hydroxyl groups excluding tert-OH is 7. The summed E-state index contributed by atoms with van der Waals surface area (Å²) in [7, 11) is -3.32. The summed E-state index contributed by atoms with van der Waals surface area (Å²) in [6, 6.07) is 0. The molecule has 2 aliphatic rings. The van der Waals surface area contributed by atoms with Crippen molar-refractivity contribution in [2.24, 2.45) is 0 Å². The van der Waals surface area contributed by atoms with E-state index in [4.69, 9.17) is 19.3 Å². The molecular formula is C13H25NO12S. The molecule has 0 bridgehead atoms. The molecule has 14 heteroatoms. The lowest BCUT2D eigenvalue weighted by Gasteiger charge is -2.41. The summed E-state index contributed by atoms with van der Waals surface area (Å²) in [5.41, 5.74) is -2.03. The van der Waals surface area contributed by atoms with Gasteiger partial charge < -0.3 is 50.0 Å². The summed E-state index contributed by atoms with van der Waals surface area (Å²) in [4.78, 5) is 0. The van der Waals surface area contributed by atoms with E-state index in [9.17, 15) is 39.1 Å². The lowest BCUT2D eigenvalue weighted by Crippen LogP contribution is -2.63. The van der Waals surface area contributed by atoms with Crippen molar-refractivity contribution >= 4 is 10.0 Å². The minimum atomic E-state index is -4.49. The molecule has 13 nitrogen and oxygen atoms in total. The molecule has 2 saturated heterocycles. The molecule has 0 saturated carbocycles. The van der Waals surface area contributed by atoms with Gasteiger partial charge in [0.2, 0.25) is 15.5 Å². The van der Waals surface area contributed by atoms with Gasteiger partial charge in [-0.2, -0.15) is 0 Å². The van der Waals surface area contributed by atoms with Crippen LogP contribution in [0.4, 0.5) is 0 Å². The van der Waals surface area contributed by atoms with E-state index >= 15 is 0 Å². The second-order valence-corrected chi connectivity index (χ2v) is 8.18. The van der Waals surface area contributed by atoms with Crippen LogP contribution >= 0.6 is 0 Å². The number of nitrogens with one attached hydrogen (secondary N) is 1.